The van der Waals surface area contributed by atoms with Gasteiger partial charge in [-0.25, -0.2) is 4.39 Å². The lowest BCUT2D eigenvalue weighted by Gasteiger charge is -2.25. The SMILES string of the molecule is O=C(Nc1c(F)cccc1N1CCCC1)C1CCCNC1. The lowest BCUT2D eigenvalue weighted by Crippen LogP contribution is -2.37. The molecule has 2 aliphatic rings. The van der Waals surface area contributed by atoms with Crippen LogP contribution in [0, 0.1) is 11.7 Å². The fourth-order valence-electron chi connectivity index (χ4n) is 3.16. The second-order valence-electron chi connectivity index (χ2n) is 5.86. The van der Waals surface area contributed by atoms with Gasteiger partial charge in [0.2, 0.25) is 5.91 Å². The van der Waals surface area contributed by atoms with Crippen LogP contribution >= 0.6 is 0 Å². The molecule has 2 heterocycles. The number of anilines is 2. The molecule has 1 amide bonds. The van der Waals surface area contributed by atoms with E-state index in [4.69, 9.17) is 0 Å². The van der Waals surface area contributed by atoms with Crippen molar-refractivity contribution < 1.29 is 9.18 Å². The quantitative estimate of drug-likeness (QED) is 0.898. The Morgan fingerprint density at radius 2 is 2.10 bits per heavy atom. The number of amides is 1. The first-order valence-corrected chi connectivity index (χ1v) is 7.81. The van der Waals surface area contributed by atoms with Gasteiger partial charge in [-0.05, 0) is 44.4 Å². The number of hydrogen-bond donors (Lipinski definition) is 2. The van der Waals surface area contributed by atoms with Crippen molar-refractivity contribution in [2.45, 2.75) is 25.7 Å². The maximum atomic E-state index is 14.2. The lowest BCUT2D eigenvalue weighted by atomic mass is 9.98. The summed E-state index contributed by atoms with van der Waals surface area (Å²) in [5.74, 6) is -0.492. The summed E-state index contributed by atoms with van der Waals surface area (Å²) in [7, 11) is 0. The predicted molar refractivity (Wildman–Crippen MR) is 82.1 cm³/mol. The molecular formula is C16H22FN3O. The number of carbonyl (C=O) groups excluding carboxylic acids is 1. The normalized spacial score (nSPS) is 22.3. The smallest absolute Gasteiger partial charge is 0.228 e. The van der Waals surface area contributed by atoms with E-state index in [0.717, 1.165) is 51.0 Å². The maximum Gasteiger partial charge on any atom is 0.228 e. The molecule has 114 valence electrons. The first kappa shape index (κ1) is 14.3. The molecule has 0 saturated carbocycles. The highest BCUT2D eigenvalue weighted by Crippen LogP contribution is 2.31. The third-order valence-corrected chi connectivity index (χ3v) is 4.35. The van der Waals surface area contributed by atoms with E-state index in [0.29, 0.717) is 12.2 Å². The van der Waals surface area contributed by atoms with Gasteiger partial charge in [-0.15, -0.1) is 0 Å². The molecule has 2 saturated heterocycles. The summed E-state index contributed by atoms with van der Waals surface area (Å²) in [4.78, 5) is 14.5. The lowest BCUT2D eigenvalue weighted by molar-refractivity contribution is -0.120. The van der Waals surface area contributed by atoms with E-state index in [-0.39, 0.29) is 17.6 Å². The molecule has 0 radical (unpaired) electrons. The Hall–Kier alpha value is -1.62. The zero-order valence-electron chi connectivity index (χ0n) is 12.2. The summed E-state index contributed by atoms with van der Waals surface area (Å²) in [6.45, 7) is 3.50. The largest absolute Gasteiger partial charge is 0.370 e. The second kappa shape index (κ2) is 6.43. The molecule has 2 aliphatic heterocycles. The van der Waals surface area contributed by atoms with Gasteiger partial charge in [0.15, 0.2) is 0 Å². The molecule has 0 spiro atoms. The van der Waals surface area contributed by atoms with Gasteiger partial charge in [0.05, 0.1) is 11.6 Å². The van der Waals surface area contributed by atoms with E-state index >= 15 is 0 Å². The molecule has 0 aromatic heterocycles. The van der Waals surface area contributed by atoms with Gasteiger partial charge < -0.3 is 15.5 Å². The number of nitrogens with one attached hydrogen (secondary N) is 2. The first-order valence-electron chi connectivity index (χ1n) is 7.81. The number of hydrogen-bond acceptors (Lipinski definition) is 3. The summed E-state index contributed by atoms with van der Waals surface area (Å²) >= 11 is 0. The Morgan fingerprint density at radius 3 is 2.81 bits per heavy atom. The van der Waals surface area contributed by atoms with E-state index in [2.05, 4.69) is 15.5 Å². The molecule has 1 aromatic rings. The van der Waals surface area contributed by atoms with Crippen LogP contribution in [0.25, 0.3) is 0 Å². The third-order valence-electron chi connectivity index (χ3n) is 4.35. The molecule has 1 atom stereocenters. The van der Waals surface area contributed by atoms with Crippen molar-refractivity contribution >= 4 is 17.3 Å². The zero-order valence-corrected chi connectivity index (χ0v) is 12.2. The summed E-state index contributed by atoms with van der Waals surface area (Å²) < 4.78 is 14.2. The Balaban J connectivity index is 1.78. The maximum absolute atomic E-state index is 14.2. The van der Waals surface area contributed by atoms with E-state index < -0.39 is 0 Å². The molecule has 0 aliphatic carbocycles. The molecule has 1 unspecified atom stereocenters. The van der Waals surface area contributed by atoms with Gasteiger partial charge in [-0.2, -0.15) is 0 Å². The van der Waals surface area contributed by atoms with Gasteiger partial charge in [0.25, 0.3) is 0 Å². The van der Waals surface area contributed by atoms with Gasteiger partial charge in [0.1, 0.15) is 11.5 Å². The number of rotatable bonds is 3. The second-order valence-corrected chi connectivity index (χ2v) is 5.86. The minimum atomic E-state index is -0.350. The topological polar surface area (TPSA) is 44.4 Å². The van der Waals surface area contributed by atoms with Crippen molar-refractivity contribution in [1.29, 1.82) is 0 Å². The molecule has 3 rings (SSSR count). The highest BCUT2D eigenvalue weighted by molar-refractivity contribution is 5.96. The van der Waals surface area contributed by atoms with Crippen LogP contribution in [-0.2, 0) is 4.79 Å². The molecule has 4 nitrogen and oxygen atoms in total. The van der Waals surface area contributed by atoms with Crippen LogP contribution in [0.5, 0.6) is 0 Å². The van der Waals surface area contributed by atoms with Gasteiger partial charge >= 0.3 is 0 Å². The van der Waals surface area contributed by atoms with Crippen LogP contribution in [0.3, 0.4) is 0 Å². The minimum absolute atomic E-state index is 0.0650. The van der Waals surface area contributed by atoms with E-state index in [9.17, 15) is 9.18 Å². The number of piperidine rings is 1. The Morgan fingerprint density at radius 1 is 1.29 bits per heavy atom. The molecule has 5 heteroatoms. The average Bonchev–Trinajstić information content (AvgIpc) is 3.04. The highest BCUT2D eigenvalue weighted by Gasteiger charge is 2.24. The summed E-state index contributed by atoms with van der Waals surface area (Å²) in [6, 6.07) is 5.01. The highest BCUT2D eigenvalue weighted by atomic mass is 19.1. The molecule has 2 fully saturated rings. The predicted octanol–water partition coefficient (Wildman–Crippen LogP) is 2.36. The number of benzene rings is 1. The van der Waals surface area contributed by atoms with E-state index in [1.54, 1.807) is 6.07 Å². The van der Waals surface area contributed by atoms with Gasteiger partial charge in [-0.3, -0.25) is 4.79 Å². The van der Waals surface area contributed by atoms with Crippen molar-refractivity contribution in [3.8, 4) is 0 Å². The fraction of sp³-hybridized carbons (Fsp3) is 0.562. The Kier molecular flexibility index (Phi) is 4.39. The van der Waals surface area contributed by atoms with Crippen molar-refractivity contribution in [3.63, 3.8) is 0 Å². The molecule has 0 bridgehead atoms. The van der Waals surface area contributed by atoms with Crippen LogP contribution in [0.1, 0.15) is 25.7 Å². The molecule has 1 aromatic carbocycles. The van der Waals surface area contributed by atoms with Gasteiger partial charge in [0, 0.05) is 19.6 Å². The third kappa shape index (κ3) is 3.18. The fourth-order valence-corrected chi connectivity index (χ4v) is 3.16. The standard InChI is InChI=1S/C16H22FN3O/c17-13-6-3-7-14(20-9-1-2-10-20)15(13)19-16(21)12-5-4-8-18-11-12/h3,6-7,12,18H,1-2,4-5,8-11H2,(H,19,21). The Bertz CT molecular complexity index is 508. The number of nitrogens with zero attached hydrogens (tertiary/aromatic N) is 1. The zero-order chi connectivity index (χ0) is 14.7. The number of carbonyl (C=O) groups is 1. The van der Waals surface area contributed by atoms with Crippen LogP contribution < -0.4 is 15.5 Å². The van der Waals surface area contributed by atoms with Crippen LogP contribution in [0.2, 0.25) is 0 Å². The molecule has 2 N–H and O–H groups in total. The number of para-hydroxylation sites is 1. The summed E-state index contributed by atoms with van der Waals surface area (Å²) in [6.07, 6.45) is 4.10. The minimum Gasteiger partial charge on any atom is -0.370 e. The monoisotopic (exact) mass is 291 g/mol. The van der Waals surface area contributed by atoms with Crippen molar-refractivity contribution in [2.24, 2.45) is 5.92 Å². The summed E-state index contributed by atoms with van der Waals surface area (Å²) in [5, 5.41) is 6.05. The number of halogens is 1. The van der Waals surface area contributed by atoms with Gasteiger partial charge in [-0.1, -0.05) is 6.07 Å². The van der Waals surface area contributed by atoms with Crippen molar-refractivity contribution in [1.82, 2.24) is 5.32 Å². The average molecular weight is 291 g/mol. The molecular weight excluding hydrogens is 269 g/mol. The van der Waals surface area contributed by atoms with E-state index in [1.807, 2.05) is 6.07 Å². The summed E-state index contributed by atoms with van der Waals surface area (Å²) in [5.41, 5.74) is 1.15. The van der Waals surface area contributed by atoms with Crippen LogP contribution in [0.4, 0.5) is 15.8 Å². The first-order chi connectivity index (χ1) is 10.3. The van der Waals surface area contributed by atoms with Crippen LogP contribution in [-0.4, -0.2) is 32.1 Å². The van der Waals surface area contributed by atoms with Crippen molar-refractivity contribution in [2.75, 3.05) is 36.4 Å². The molecule has 21 heavy (non-hydrogen) atoms. The Labute approximate surface area is 124 Å². The van der Waals surface area contributed by atoms with Crippen molar-refractivity contribution in [3.05, 3.63) is 24.0 Å². The van der Waals surface area contributed by atoms with Crippen LogP contribution in [0.15, 0.2) is 18.2 Å². The van der Waals surface area contributed by atoms with E-state index in [1.165, 1.54) is 6.07 Å².